The molecule has 0 amide bonds. The molecule has 1 unspecified atom stereocenters. The monoisotopic (exact) mass is 499 g/mol. The van der Waals surface area contributed by atoms with Crippen molar-refractivity contribution in [1.29, 1.82) is 0 Å². The molecular formula is C28H33N7O2. The Kier molecular flexibility index (Phi) is 7.39. The molecule has 1 aliphatic rings. The molecule has 4 aromatic rings. The maximum absolute atomic E-state index is 11.1. The highest BCUT2D eigenvalue weighted by molar-refractivity contribution is 5.80. The number of carbonyl (C=O) groups is 1. The Morgan fingerprint density at radius 2 is 1.81 bits per heavy atom. The second-order valence-corrected chi connectivity index (χ2v) is 10.1. The molecule has 2 heterocycles. The molecule has 2 aromatic heterocycles. The Labute approximate surface area is 216 Å². The van der Waals surface area contributed by atoms with Crippen molar-refractivity contribution in [2.45, 2.75) is 70.8 Å². The molecule has 37 heavy (non-hydrogen) atoms. The van der Waals surface area contributed by atoms with E-state index in [1.54, 1.807) is 0 Å². The lowest BCUT2D eigenvalue weighted by Gasteiger charge is -2.27. The largest absolute Gasteiger partial charge is 0.481 e. The zero-order valence-electron chi connectivity index (χ0n) is 21.3. The average molecular weight is 500 g/mol. The fraction of sp³-hybridized carbons (Fsp3) is 0.429. The number of benzene rings is 2. The number of tetrazole rings is 1. The summed E-state index contributed by atoms with van der Waals surface area (Å²) in [6, 6.07) is 16.6. The van der Waals surface area contributed by atoms with E-state index in [9.17, 15) is 4.79 Å². The summed E-state index contributed by atoms with van der Waals surface area (Å²) >= 11 is 0. The van der Waals surface area contributed by atoms with E-state index >= 15 is 0 Å². The first-order chi connectivity index (χ1) is 18.0. The van der Waals surface area contributed by atoms with E-state index in [1.165, 1.54) is 0 Å². The number of carboxylic acid groups (broad SMARTS) is 1. The van der Waals surface area contributed by atoms with Crippen LogP contribution in [0.5, 0.6) is 0 Å². The van der Waals surface area contributed by atoms with Crippen LogP contribution in [0.1, 0.15) is 81.4 Å². The van der Waals surface area contributed by atoms with E-state index in [4.69, 9.17) is 15.2 Å². The molecule has 9 heteroatoms. The van der Waals surface area contributed by atoms with Crippen molar-refractivity contribution in [3.8, 4) is 22.5 Å². The van der Waals surface area contributed by atoms with Gasteiger partial charge < -0.3 is 5.11 Å². The standard InChI is InChI=1S/C28H33N7O2/c1-3-18(2)26-29-28(22-14-8-19(9-15-22)16-25(36)37)35(32-26)17-20-10-12-21(13-11-20)23-6-4-5-7-24(23)27-30-33-34-31-27/h4-7,10-13,18-19,22H,3,8-9,14-17H2,1-2H3,(H,36,37)(H,30,31,33,34). The lowest BCUT2D eigenvalue weighted by molar-refractivity contribution is -0.138. The quantitative estimate of drug-likeness (QED) is 0.314. The van der Waals surface area contributed by atoms with Gasteiger partial charge in [0.05, 0.1) is 6.54 Å². The van der Waals surface area contributed by atoms with Gasteiger partial charge in [0.1, 0.15) is 5.82 Å². The van der Waals surface area contributed by atoms with Crippen molar-refractivity contribution in [3.63, 3.8) is 0 Å². The maximum atomic E-state index is 11.1. The highest BCUT2D eigenvalue weighted by atomic mass is 16.4. The third kappa shape index (κ3) is 5.60. The lowest BCUT2D eigenvalue weighted by atomic mass is 9.80. The average Bonchev–Trinajstić information content (AvgIpc) is 3.60. The molecule has 0 aliphatic heterocycles. The molecule has 9 nitrogen and oxygen atoms in total. The summed E-state index contributed by atoms with van der Waals surface area (Å²) in [4.78, 5) is 16.1. The van der Waals surface area contributed by atoms with Gasteiger partial charge in [0.15, 0.2) is 5.82 Å². The Bertz CT molecular complexity index is 1320. The Morgan fingerprint density at radius 3 is 2.46 bits per heavy atom. The van der Waals surface area contributed by atoms with Crippen LogP contribution in [0.15, 0.2) is 48.5 Å². The second-order valence-electron chi connectivity index (χ2n) is 10.1. The predicted octanol–water partition coefficient (Wildman–Crippen LogP) is 5.44. The van der Waals surface area contributed by atoms with Crippen molar-refractivity contribution in [1.82, 2.24) is 35.4 Å². The van der Waals surface area contributed by atoms with Gasteiger partial charge in [0.25, 0.3) is 0 Å². The number of carboxylic acids is 1. The summed E-state index contributed by atoms with van der Waals surface area (Å²) in [7, 11) is 0. The number of aromatic nitrogens is 7. The first-order valence-electron chi connectivity index (χ1n) is 13.1. The van der Waals surface area contributed by atoms with Crippen LogP contribution < -0.4 is 0 Å². The molecule has 1 aliphatic carbocycles. The van der Waals surface area contributed by atoms with Gasteiger partial charge >= 0.3 is 5.97 Å². The van der Waals surface area contributed by atoms with Gasteiger partial charge in [-0.15, -0.1) is 10.2 Å². The number of aliphatic carboxylic acids is 1. The van der Waals surface area contributed by atoms with Crippen molar-refractivity contribution < 1.29 is 9.90 Å². The highest BCUT2D eigenvalue weighted by Crippen LogP contribution is 2.37. The predicted molar refractivity (Wildman–Crippen MR) is 140 cm³/mol. The van der Waals surface area contributed by atoms with E-state index in [-0.39, 0.29) is 12.3 Å². The number of nitrogens with zero attached hydrogens (tertiary/aromatic N) is 6. The summed E-state index contributed by atoms with van der Waals surface area (Å²) in [6.45, 7) is 4.98. The summed E-state index contributed by atoms with van der Waals surface area (Å²) < 4.78 is 2.08. The molecule has 0 radical (unpaired) electrons. The fourth-order valence-electron chi connectivity index (χ4n) is 5.22. The van der Waals surface area contributed by atoms with Crippen LogP contribution in [0.2, 0.25) is 0 Å². The number of hydrogen-bond donors (Lipinski definition) is 2. The SMILES string of the molecule is CCC(C)c1nc(C2CCC(CC(=O)O)CC2)n(Cc2ccc(-c3ccccc3-c3nn[nH]n3)cc2)n1. The summed E-state index contributed by atoms with van der Waals surface area (Å²) in [5, 5.41) is 28.6. The van der Waals surface area contributed by atoms with Crippen molar-refractivity contribution >= 4 is 5.97 Å². The van der Waals surface area contributed by atoms with Crippen LogP contribution in [-0.4, -0.2) is 46.5 Å². The molecule has 1 fully saturated rings. The zero-order chi connectivity index (χ0) is 25.8. The molecule has 2 N–H and O–H groups in total. The van der Waals surface area contributed by atoms with Gasteiger partial charge in [0.2, 0.25) is 5.82 Å². The first-order valence-corrected chi connectivity index (χ1v) is 13.1. The number of rotatable bonds is 9. The smallest absolute Gasteiger partial charge is 0.303 e. The van der Waals surface area contributed by atoms with Crippen molar-refractivity contribution in [2.24, 2.45) is 5.92 Å². The van der Waals surface area contributed by atoms with E-state index < -0.39 is 5.97 Å². The van der Waals surface area contributed by atoms with Crippen LogP contribution in [0, 0.1) is 5.92 Å². The number of aromatic amines is 1. The van der Waals surface area contributed by atoms with Crippen LogP contribution in [-0.2, 0) is 11.3 Å². The summed E-state index contributed by atoms with van der Waals surface area (Å²) in [5.41, 5.74) is 4.22. The highest BCUT2D eigenvalue weighted by Gasteiger charge is 2.28. The van der Waals surface area contributed by atoms with Crippen LogP contribution in [0.25, 0.3) is 22.5 Å². The fourth-order valence-corrected chi connectivity index (χ4v) is 5.22. The minimum absolute atomic E-state index is 0.264. The van der Waals surface area contributed by atoms with Crippen LogP contribution in [0.4, 0.5) is 0 Å². The van der Waals surface area contributed by atoms with Crippen molar-refractivity contribution in [3.05, 3.63) is 65.7 Å². The minimum Gasteiger partial charge on any atom is -0.481 e. The van der Waals surface area contributed by atoms with Gasteiger partial charge in [-0.2, -0.15) is 10.3 Å². The van der Waals surface area contributed by atoms with E-state index in [0.717, 1.165) is 66.0 Å². The molecule has 2 aromatic carbocycles. The molecule has 1 saturated carbocycles. The van der Waals surface area contributed by atoms with Gasteiger partial charge in [-0.25, -0.2) is 9.67 Å². The minimum atomic E-state index is -0.700. The van der Waals surface area contributed by atoms with Crippen LogP contribution >= 0.6 is 0 Å². The maximum Gasteiger partial charge on any atom is 0.303 e. The van der Waals surface area contributed by atoms with E-state index in [2.05, 4.69) is 69.5 Å². The van der Waals surface area contributed by atoms with Gasteiger partial charge in [0, 0.05) is 23.8 Å². The second kappa shape index (κ2) is 11.0. The van der Waals surface area contributed by atoms with Crippen molar-refractivity contribution in [2.75, 3.05) is 0 Å². The Morgan fingerprint density at radius 1 is 1.08 bits per heavy atom. The van der Waals surface area contributed by atoms with E-state index in [1.807, 2.05) is 18.2 Å². The molecular weight excluding hydrogens is 466 g/mol. The Hall–Kier alpha value is -3.88. The molecule has 1 atom stereocenters. The molecule has 192 valence electrons. The van der Waals surface area contributed by atoms with Crippen LogP contribution in [0.3, 0.4) is 0 Å². The normalized spacial score (nSPS) is 18.5. The third-order valence-electron chi connectivity index (χ3n) is 7.56. The zero-order valence-corrected chi connectivity index (χ0v) is 21.3. The molecule has 0 bridgehead atoms. The lowest BCUT2D eigenvalue weighted by Crippen LogP contribution is -2.19. The summed E-state index contributed by atoms with van der Waals surface area (Å²) in [6.07, 6.45) is 5.03. The van der Waals surface area contributed by atoms with Gasteiger partial charge in [-0.3, -0.25) is 4.79 Å². The first kappa shape index (κ1) is 24.8. The number of nitrogens with one attached hydrogen (secondary N) is 1. The molecule has 0 spiro atoms. The van der Waals surface area contributed by atoms with Gasteiger partial charge in [-0.1, -0.05) is 62.4 Å². The number of H-pyrrole nitrogens is 1. The van der Waals surface area contributed by atoms with Gasteiger partial charge in [-0.05, 0) is 59.9 Å². The number of hydrogen-bond acceptors (Lipinski definition) is 6. The van der Waals surface area contributed by atoms with E-state index in [0.29, 0.717) is 24.2 Å². The topological polar surface area (TPSA) is 122 Å². The Balaban J connectivity index is 1.37. The molecule has 5 rings (SSSR count). The third-order valence-corrected chi connectivity index (χ3v) is 7.56. The summed E-state index contributed by atoms with van der Waals surface area (Å²) in [5.74, 6) is 2.69. The molecule has 0 saturated heterocycles.